The van der Waals surface area contributed by atoms with Crippen LogP contribution in [0.15, 0.2) is 154 Å². The summed E-state index contributed by atoms with van der Waals surface area (Å²) in [4.78, 5) is 20.2. The summed E-state index contributed by atoms with van der Waals surface area (Å²) >= 11 is 0. The fraction of sp³-hybridized carbons (Fsp3) is 0. The summed E-state index contributed by atoms with van der Waals surface area (Å²) in [7, 11) is 0. The first-order valence-electron chi connectivity index (χ1n) is 15.8. The van der Waals surface area contributed by atoms with Crippen molar-refractivity contribution in [2.45, 2.75) is 0 Å². The average molecular weight is 617 g/mol. The molecule has 3 heterocycles. The Bertz CT molecular complexity index is 2850. The minimum Gasteiger partial charge on any atom is -0.455 e. The predicted octanol–water partition coefficient (Wildman–Crippen LogP) is 10.9. The third-order valence-corrected chi connectivity index (χ3v) is 8.95. The predicted molar refractivity (Wildman–Crippen MR) is 191 cm³/mol. The normalized spacial score (nSPS) is 11.8. The van der Waals surface area contributed by atoms with Gasteiger partial charge in [-0.05, 0) is 52.6 Å². The van der Waals surface area contributed by atoms with Gasteiger partial charge < -0.3 is 8.83 Å². The van der Waals surface area contributed by atoms with Crippen molar-refractivity contribution in [1.29, 1.82) is 0 Å². The van der Waals surface area contributed by atoms with E-state index in [1.54, 1.807) is 0 Å². The zero-order valence-electron chi connectivity index (χ0n) is 25.5. The largest absolute Gasteiger partial charge is 0.455 e. The lowest BCUT2D eigenvalue weighted by molar-refractivity contribution is 0.623. The van der Waals surface area contributed by atoms with Crippen LogP contribution in [0, 0.1) is 0 Å². The maximum Gasteiger partial charge on any atom is 0.227 e. The standard InChI is InChI=1S/C42H24N4O2/c1-2-11-27(12-3-1)42-43-34-23-22-26-14-8-17-32(36(26)38(34)48-42)40-44-39(29-21-20-25-10-4-5-13-28(25)24-29)45-41(46-40)33-18-9-16-31-30-15-6-7-19-35(30)47-37(31)33/h1-24H. The Morgan fingerprint density at radius 3 is 2.00 bits per heavy atom. The molecule has 6 heteroatoms. The van der Waals surface area contributed by atoms with Crippen molar-refractivity contribution in [3.05, 3.63) is 146 Å². The van der Waals surface area contributed by atoms with Crippen LogP contribution in [0.2, 0.25) is 0 Å². The number of oxazole rings is 1. The highest BCUT2D eigenvalue weighted by molar-refractivity contribution is 6.11. The fourth-order valence-electron chi connectivity index (χ4n) is 6.64. The van der Waals surface area contributed by atoms with Gasteiger partial charge in [0.15, 0.2) is 23.1 Å². The summed E-state index contributed by atoms with van der Waals surface area (Å²) in [5, 5.41) is 6.23. The number of para-hydroxylation sites is 2. The van der Waals surface area contributed by atoms with Gasteiger partial charge in [-0.2, -0.15) is 0 Å². The minimum absolute atomic E-state index is 0.527. The lowest BCUT2D eigenvalue weighted by Gasteiger charge is -2.11. The summed E-state index contributed by atoms with van der Waals surface area (Å²) in [5.74, 6) is 2.20. The minimum atomic E-state index is 0.527. The Balaban J connectivity index is 1.25. The summed E-state index contributed by atoms with van der Waals surface area (Å²) in [6.07, 6.45) is 0. The van der Waals surface area contributed by atoms with Gasteiger partial charge in [0.1, 0.15) is 16.7 Å². The summed E-state index contributed by atoms with van der Waals surface area (Å²) in [6.45, 7) is 0. The quantitative estimate of drug-likeness (QED) is 0.196. The molecule has 0 fully saturated rings. The smallest absolute Gasteiger partial charge is 0.227 e. The van der Waals surface area contributed by atoms with Crippen LogP contribution >= 0.6 is 0 Å². The van der Waals surface area contributed by atoms with Crippen LogP contribution in [0.5, 0.6) is 0 Å². The van der Waals surface area contributed by atoms with E-state index in [1.807, 2.05) is 91.0 Å². The van der Waals surface area contributed by atoms with E-state index in [0.29, 0.717) is 28.9 Å². The van der Waals surface area contributed by atoms with Gasteiger partial charge in [-0.3, -0.25) is 0 Å². The average Bonchev–Trinajstić information content (AvgIpc) is 3.77. The molecule has 0 aliphatic rings. The Hall–Kier alpha value is -6.66. The van der Waals surface area contributed by atoms with Crippen LogP contribution < -0.4 is 0 Å². The lowest BCUT2D eigenvalue weighted by Crippen LogP contribution is -2.01. The number of hydrogen-bond donors (Lipinski definition) is 0. The van der Waals surface area contributed by atoms with Crippen molar-refractivity contribution >= 4 is 54.6 Å². The topological polar surface area (TPSA) is 77.8 Å². The monoisotopic (exact) mass is 616 g/mol. The van der Waals surface area contributed by atoms with E-state index in [0.717, 1.165) is 71.3 Å². The van der Waals surface area contributed by atoms with E-state index in [1.165, 1.54) is 0 Å². The third kappa shape index (κ3) is 4.20. The zero-order valence-corrected chi connectivity index (χ0v) is 25.5. The molecule has 10 aromatic rings. The first-order valence-corrected chi connectivity index (χ1v) is 15.8. The summed E-state index contributed by atoms with van der Waals surface area (Å²) in [5.41, 5.74) is 6.46. The van der Waals surface area contributed by atoms with Crippen molar-refractivity contribution < 1.29 is 8.83 Å². The van der Waals surface area contributed by atoms with Crippen molar-refractivity contribution in [2.75, 3.05) is 0 Å². The zero-order chi connectivity index (χ0) is 31.6. The van der Waals surface area contributed by atoms with Crippen LogP contribution in [0.3, 0.4) is 0 Å². The molecule has 7 aromatic carbocycles. The SMILES string of the molecule is c1ccc(-c2nc3ccc4cccc(-c5nc(-c6ccc7ccccc7c6)nc(-c6cccc7c6oc6ccccc67)n5)c4c3o2)cc1. The Kier molecular flexibility index (Phi) is 5.77. The van der Waals surface area contributed by atoms with Gasteiger partial charge >= 0.3 is 0 Å². The van der Waals surface area contributed by atoms with Gasteiger partial charge in [-0.15, -0.1) is 0 Å². The van der Waals surface area contributed by atoms with Gasteiger partial charge in [0.05, 0.1) is 5.56 Å². The molecule has 0 aliphatic carbocycles. The van der Waals surface area contributed by atoms with Crippen LogP contribution in [-0.4, -0.2) is 19.9 Å². The molecule has 0 radical (unpaired) electrons. The highest BCUT2D eigenvalue weighted by Gasteiger charge is 2.21. The van der Waals surface area contributed by atoms with Crippen molar-refractivity contribution in [2.24, 2.45) is 0 Å². The first-order chi connectivity index (χ1) is 23.8. The molecule has 0 saturated heterocycles. The van der Waals surface area contributed by atoms with E-state index in [-0.39, 0.29) is 0 Å². The molecule has 0 bridgehead atoms. The molecule has 0 N–H and O–H groups in total. The number of fused-ring (bicyclic) bond motifs is 7. The molecule has 0 atom stereocenters. The molecule has 6 nitrogen and oxygen atoms in total. The molecule has 10 rings (SSSR count). The highest BCUT2D eigenvalue weighted by Crippen LogP contribution is 2.39. The van der Waals surface area contributed by atoms with E-state index >= 15 is 0 Å². The molecule has 3 aromatic heterocycles. The Labute approximate surface area is 274 Å². The molecule has 0 amide bonds. The van der Waals surface area contributed by atoms with Crippen molar-refractivity contribution in [3.8, 4) is 45.6 Å². The molecule has 0 aliphatic heterocycles. The second kappa shape index (κ2) is 10.4. The van der Waals surface area contributed by atoms with Crippen molar-refractivity contribution in [1.82, 2.24) is 19.9 Å². The first kappa shape index (κ1) is 26.5. The second-order valence-electron chi connectivity index (χ2n) is 11.9. The number of aromatic nitrogens is 4. The maximum absolute atomic E-state index is 6.50. The Morgan fingerprint density at radius 2 is 1.08 bits per heavy atom. The van der Waals surface area contributed by atoms with Gasteiger partial charge in [0.25, 0.3) is 0 Å². The van der Waals surface area contributed by atoms with E-state index < -0.39 is 0 Å². The van der Waals surface area contributed by atoms with Crippen molar-refractivity contribution in [3.63, 3.8) is 0 Å². The van der Waals surface area contributed by atoms with Gasteiger partial charge in [-0.1, -0.05) is 109 Å². The van der Waals surface area contributed by atoms with Gasteiger partial charge in [0.2, 0.25) is 5.89 Å². The Morgan fingerprint density at radius 1 is 0.396 bits per heavy atom. The third-order valence-electron chi connectivity index (χ3n) is 8.95. The molecule has 48 heavy (non-hydrogen) atoms. The second-order valence-corrected chi connectivity index (χ2v) is 11.9. The van der Waals surface area contributed by atoms with E-state index in [2.05, 4.69) is 54.6 Å². The number of hydrogen-bond acceptors (Lipinski definition) is 6. The lowest BCUT2D eigenvalue weighted by atomic mass is 10.0. The van der Waals surface area contributed by atoms with Gasteiger partial charge in [0, 0.05) is 32.8 Å². The molecular formula is C42H24N4O2. The van der Waals surface area contributed by atoms with Gasteiger partial charge in [-0.25, -0.2) is 19.9 Å². The van der Waals surface area contributed by atoms with Crippen LogP contribution in [0.1, 0.15) is 0 Å². The maximum atomic E-state index is 6.50. The molecule has 0 unspecified atom stereocenters. The molecule has 0 saturated carbocycles. The summed E-state index contributed by atoms with van der Waals surface area (Å²) in [6, 6.07) is 48.9. The number of benzene rings is 7. The fourth-order valence-corrected chi connectivity index (χ4v) is 6.64. The van der Waals surface area contributed by atoms with E-state index in [9.17, 15) is 0 Å². The summed E-state index contributed by atoms with van der Waals surface area (Å²) < 4.78 is 12.9. The van der Waals surface area contributed by atoms with Crippen LogP contribution in [0.25, 0.3) is 100 Å². The number of furan rings is 1. The van der Waals surface area contributed by atoms with E-state index in [4.69, 9.17) is 28.8 Å². The number of rotatable bonds is 4. The van der Waals surface area contributed by atoms with Crippen LogP contribution in [0.4, 0.5) is 0 Å². The highest BCUT2D eigenvalue weighted by atomic mass is 16.3. The molecular weight excluding hydrogens is 592 g/mol. The molecule has 224 valence electrons. The van der Waals surface area contributed by atoms with Crippen LogP contribution in [-0.2, 0) is 0 Å². The number of nitrogens with zero attached hydrogens (tertiary/aromatic N) is 4. The molecule has 0 spiro atoms.